The predicted molar refractivity (Wildman–Crippen MR) is 58.4 cm³/mol. The highest BCUT2D eigenvalue weighted by Gasteiger charge is 2.43. The summed E-state index contributed by atoms with van der Waals surface area (Å²) in [6.07, 6.45) is 2.52. The maximum absolute atomic E-state index is 6.21. The Morgan fingerprint density at radius 1 is 1.38 bits per heavy atom. The van der Waals surface area contributed by atoms with Gasteiger partial charge in [-0.05, 0) is 29.9 Å². The van der Waals surface area contributed by atoms with Gasteiger partial charge in [0.2, 0.25) is 0 Å². The molecule has 0 saturated heterocycles. The van der Waals surface area contributed by atoms with Gasteiger partial charge in [-0.1, -0.05) is 41.1 Å². The number of hydrogen-bond donors (Lipinski definition) is 1. The average molecular weight is 240 g/mol. The molecule has 1 aliphatic rings. The van der Waals surface area contributed by atoms with Gasteiger partial charge < -0.3 is 5.73 Å². The van der Waals surface area contributed by atoms with Crippen LogP contribution in [0.15, 0.2) is 28.7 Å². The molecule has 2 N–H and O–H groups in total. The van der Waals surface area contributed by atoms with Gasteiger partial charge in [0.05, 0.1) is 0 Å². The topological polar surface area (TPSA) is 26.0 Å². The smallest absolute Gasteiger partial charge is 0.0360 e. The summed E-state index contributed by atoms with van der Waals surface area (Å²) in [5.74, 6) is 0. The van der Waals surface area contributed by atoms with E-state index in [1.54, 1.807) is 0 Å². The molecule has 0 spiro atoms. The van der Waals surface area contributed by atoms with Crippen molar-refractivity contribution in [2.45, 2.75) is 25.8 Å². The summed E-state index contributed by atoms with van der Waals surface area (Å²) in [5, 5.41) is 0. The maximum atomic E-state index is 6.21. The summed E-state index contributed by atoms with van der Waals surface area (Å²) in [5.41, 5.74) is 7.79. The Balaban J connectivity index is 2.30. The Morgan fingerprint density at radius 3 is 2.54 bits per heavy atom. The Morgan fingerprint density at radius 2 is 2.00 bits per heavy atom. The van der Waals surface area contributed by atoms with Crippen molar-refractivity contribution in [3.05, 3.63) is 34.3 Å². The SMILES string of the molecule is CC1(C(N)c2ccccc2Br)CC1. The van der Waals surface area contributed by atoms with Gasteiger partial charge in [-0.3, -0.25) is 0 Å². The molecular weight excluding hydrogens is 226 g/mol. The van der Waals surface area contributed by atoms with Crippen molar-refractivity contribution in [2.24, 2.45) is 11.1 Å². The molecule has 0 aliphatic heterocycles. The highest BCUT2D eigenvalue weighted by Crippen LogP contribution is 2.54. The Bertz CT molecular complexity index is 318. The molecule has 2 heteroatoms. The van der Waals surface area contributed by atoms with Crippen LogP contribution in [0.2, 0.25) is 0 Å². The van der Waals surface area contributed by atoms with E-state index >= 15 is 0 Å². The lowest BCUT2D eigenvalue weighted by Crippen LogP contribution is -2.20. The molecule has 1 atom stereocenters. The number of nitrogens with two attached hydrogens (primary N) is 1. The van der Waals surface area contributed by atoms with Gasteiger partial charge in [0.15, 0.2) is 0 Å². The van der Waals surface area contributed by atoms with Crippen LogP contribution in [-0.4, -0.2) is 0 Å². The molecule has 1 fully saturated rings. The molecule has 2 rings (SSSR count). The zero-order valence-electron chi connectivity index (χ0n) is 7.76. The zero-order valence-corrected chi connectivity index (χ0v) is 9.34. The van der Waals surface area contributed by atoms with Crippen molar-refractivity contribution < 1.29 is 0 Å². The lowest BCUT2D eigenvalue weighted by molar-refractivity contribution is 0.449. The second-order valence-corrected chi connectivity index (χ2v) is 5.01. The van der Waals surface area contributed by atoms with E-state index in [1.807, 2.05) is 12.1 Å². The summed E-state index contributed by atoms with van der Waals surface area (Å²) in [7, 11) is 0. The van der Waals surface area contributed by atoms with Crippen LogP contribution in [0.4, 0.5) is 0 Å². The zero-order chi connectivity index (χ0) is 9.47. The van der Waals surface area contributed by atoms with Gasteiger partial charge in [0.25, 0.3) is 0 Å². The molecule has 1 unspecified atom stereocenters. The third-order valence-corrected chi connectivity index (χ3v) is 3.75. The minimum Gasteiger partial charge on any atom is -0.323 e. The first-order chi connectivity index (χ1) is 6.13. The fourth-order valence-electron chi connectivity index (χ4n) is 1.61. The molecule has 70 valence electrons. The summed E-state index contributed by atoms with van der Waals surface area (Å²) in [4.78, 5) is 0. The lowest BCUT2D eigenvalue weighted by atomic mass is 9.93. The Hall–Kier alpha value is -0.340. The molecular formula is C11H14BrN. The first-order valence-electron chi connectivity index (χ1n) is 4.63. The van der Waals surface area contributed by atoms with E-state index in [2.05, 4.69) is 35.0 Å². The summed E-state index contributed by atoms with van der Waals surface area (Å²) in [6, 6.07) is 8.42. The molecule has 1 saturated carbocycles. The highest BCUT2D eigenvalue weighted by molar-refractivity contribution is 9.10. The molecule has 0 aromatic heterocycles. The molecule has 0 amide bonds. The van der Waals surface area contributed by atoms with Crippen molar-refractivity contribution in [3.8, 4) is 0 Å². The second-order valence-electron chi connectivity index (χ2n) is 4.15. The Kier molecular flexibility index (Phi) is 2.20. The van der Waals surface area contributed by atoms with Crippen LogP contribution in [0.5, 0.6) is 0 Å². The summed E-state index contributed by atoms with van der Waals surface area (Å²) >= 11 is 3.54. The van der Waals surface area contributed by atoms with E-state index in [0.717, 1.165) is 4.47 Å². The molecule has 0 heterocycles. The van der Waals surface area contributed by atoms with E-state index in [4.69, 9.17) is 5.73 Å². The molecule has 13 heavy (non-hydrogen) atoms. The molecule has 1 aromatic carbocycles. The van der Waals surface area contributed by atoms with Gasteiger partial charge in [-0.15, -0.1) is 0 Å². The monoisotopic (exact) mass is 239 g/mol. The Labute approximate surface area is 87.5 Å². The normalized spacial score (nSPS) is 21.2. The number of halogens is 1. The number of benzene rings is 1. The third-order valence-electron chi connectivity index (χ3n) is 3.03. The molecule has 0 bridgehead atoms. The van der Waals surface area contributed by atoms with Crippen LogP contribution in [-0.2, 0) is 0 Å². The van der Waals surface area contributed by atoms with Gasteiger partial charge in [-0.2, -0.15) is 0 Å². The van der Waals surface area contributed by atoms with Crippen LogP contribution >= 0.6 is 15.9 Å². The van der Waals surface area contributed by atoms with E-state index in [9.17, 15) is 0 Å². The van der Waals surface area contributed by atoms with Crippen molar-refractivity contribution in [2.75, 3.05) is 0 Å². The summed E-state index contributed by atoms with van der Waals surface area (Å²) < 4.78 is 1.13. The van der Waals surface area contributed by atoms with Gasteiger partial charge >= 0.3 is 0 Å². The van der Waals surface area contributed by atoms with Crippen molar-refractivity contribution >= 4 is 15.9 Å². The molecule has 1 aliphatic carbocycles. The largest absolute Gasteiger partial charge is 0.323 e. The van der Waals surface area contributed by atoms with Crippen molar-refractivity contribution in [1.82, 2.24) is 0 Å². The van der Waals surface area contributed by atoms with E-state index in [0.29, 0.717) is 5.41 Å². The quantitative estimate of drug-likeness (QED) is 0.843. The fourth-order valence-corrected chi connectivity index (χ4v) is 2.14. The first kappa shape index (κ1) is 9.22. The van der Waals surface area contributed by atoms with Gasteiger partial charge in [0.1, 0.15) is 0 Å². The van der Waals surface area contributed by atoms with E-state index in [1.165, 1.54) is 18.4 Å². The van der Waals surface area contributed by atoms with Crippen LogP contribution in [0.1, 0.15) is 31.4 Å². The van der Waals surface area contributed by atoms with E-state index < -0.39 is 0 Å². The minimum absolute atomic E-state index is 0.183. The van der Waals surface area contributed by atoms with Crippen LogP contribution in [0, 0.1) is 5.41 Å². The van der Waals surface area contributed by atoms with Crippen LogP contribution in [0.25, 0.3) is 0 Å². The fraction of sp³-hybridized carbons (Fsp3) is 0.455. The maximum Gasteiger partial charge on any atom is 0.0360 e. The minimum atomic E-state index is 0.183. The highest BCUT2D eigenvalue weighted by atomic mass is 79.9. The summed E-state index contributed by atoms with van der Waals surface area (Å²) in [6.45, 7) is 2.26. The second kappa shape index (κ2) is 3.10. The van der Waals surface area contributed by atoms with Crippen LogP contribution < -0.4 is 5.73 Å². The predicted octanol–water partition coefficient (Wildman–Crippen LogP) is 3.25. The molecule has 1 nitrogen and oxygen atoms in total. The van der Waals surface area contributed by atoms with Crippen molar-refractivity contribution in [3.63, 3.8) is 0 Å². The third kappa shape index (κ3) is 1.65. The molecule has 0 radical (unpaired) electrons. The standard InChI is InChI=1S/C11H14BrN/c1-11(6-7-11)10(13)8-4-2-3-5-9(8)12/h2-5,10H,6-7,13H2,1H3. The van der Waals surface area contributed by atoms with Crippen molar-refractivity contribution in [1.29, 1.82) is 0 Å². The average Bonchev–Trinajstić information content (AvgIpc) is 2.85. The number of rotatable bonds is 2. The first-order valence-corrected chi connectivity index (χ1v) is 5.43. The lowest BCUT2D eigenvalue weighted by Gasteiger charge is -2.20. The van der Waals surface area contributed by atoms with Gasteiger partial charge in [-0.25, -0.2) is 0 Å². The van der Waals surface area contributed by atoms with E-state index in [-0.39, 0.29) is 6.04 Å². The number of hydrogen-bond acceptors (Lipinski definition) is 1. The van der Waals surface area contributed by atoms with Crippen LogP contribution in [0.3, 0.4) is 0 Å². The molecule has 1 aromatic rings. The van der Waals surface area contributed by atoms with Gasteiger partial charge in [0, 0.05) is 10.5 Å².